The van der Waals surface area contributed by atoms with E-state index in [2.05, 4.69) is 10.3 Å². The molecule has 4 nitrogen and oxygen atoms in total. The lowest BCUT2D eigenvalue weighted by Gasteiger charge is -2.30. The average molecular weight is 247 g/mol. The van der Waals surface area contributed by atoms with Gasteiger partial charge in [0, 0.05) is 24.0 Å². The van der Waals surface area contributed by atoms with Crippen LogP contribution in [0, 0.1) is 11.8 Å². The molecule has 2 atom stereocenters. The first-order valence-corrected chi connectivity index (χ1v) is 6.72. The first-order valence-electron chi connectivity index (χ1n) is 6.72. The summed E-state index contributed by atoms with van der Waals surface area (Å²) in [6.45, 7) is 0.670. The molecule has 98 valence electrons. The molecule has 1 saturated carbocycles. The van der Waals surface area contributed by atoms with Gasteiger partial charge < -0.3 is 11.1 Å². The first-order chi connectivity index (χ1) is 8.81. The molecular weight excluding hydrogens is 226 g/mol. The molecule has 0 aromatic carbocycles. The summed E-state index contributed by atoms with van der Waals surface area (Å²) in [4.78, 5) is 16.2. The minimum atomic E-state index is 0.121. The summed E-state index contributed by atoms with van der Waals surface area (Å²) in [5.74, 6) is 0.709. The maximum Gasteiger partial charge on any atom is 0.227 e. The van der Waals surface area contributed by atoms with E-state index < -0.39 is 0 Å². The van der Waals surface area contributed by atoms with Crippen LogP contribution in [0.15, 0.2) is 24.5 Å². The molecular formula is C14H21N3O. The van der Waals surface area contributed by atoms with Crippen molar-refractivity contribution in [1.82, 2.24) is 4.98 Å². The molecule has 1 fully saturated rings. The largest absolute Gasteiger partial charge is 0.330 e. The van der Waals surface area contributed by atoms with Crippen molar-refractivity contribution in [2.24, 2.45) is 17.6 Å². The standard InChI is InChI=1S/C14H21N3O/c15-8-5-11-3-1-2-4-13(11)14(18)17-12-6-9-16-10-7-12/h6-7,9-11,13H,1-5,8,15H2,(H,16,17,18). The van der Waals surface area contributed by atoms with Crippen molar-refractivity contribution in [3.63, 3.8) is 0 Å². The zero-order chi connectivity index (χ0) is 12.8. The molecule has 4 heteroatoms. The number of anilines is 1. The number of pyridine rings is 1. The Morgan fingerprint density at radius 2 is 2.06 bits per heavy atom. The van der Waals surface area contributed by atoms with Crippen molar-refractivity contribution in [2.45, 2.75) is 32.1 Å². The minimum absolute atomic E-state index is 0.121. The summed E-state index contributed by atoms with van der Waals surface area (Å²) >= 11 is 0. The highest BCUT2D eigenvalue weighted by atomic mass is 16.1. The number of hydrogen-bond donors (Lipinski definition) is 2. The summed E-state index contributed by atoms with van der Waals surface area (Å²) in [7, 11) is 0. The molecule has 3 N–H and O–H groups in total. The van der Waals surface area contributed by atoms with Gasteiger partial charge in [-0.3, -0.25) is 9.78 Å². The van der Waals surface area contributed by atoms with E-state index in [0.29, 0.717) is 12.5 Å². The summed E-state index contributed by atoms with van der Waals surface area (Å²) in [5, 5.41) is 2.98. The van der Waals surface area contributed by atoms with E-state index in [1.807, 2.05) is 12.1 Å². The molecule has 0 spiro atoms. The number of aromatic nitrogens is 1. The summed E-state index contributed by atoms with van der Waals surface area (Å²) < 4.78 is 0. The highest BCUT2D eigenvalue weighted by Gasteiger charge is 2.30. The molecule has 2 unspecified atom stereocenters. The highest BCUT2D eigenvalue weighted by Crippen LogP contribution is 2.32. The predicted octanol–water partition coefficient (Wildman–Crippen LogP) is 2.18. The molecule has 0 saturated heterocycles. The molecule has 1 aliphatic carbocycles. The molecule has 1 heterocycles. The second-order valence-electron chi connectivity index (χ2n) is 4.95. The van der Waals surface area contributed by atoms with Gasteiger partial charge in [-0.1, -0.05) is 12.8 Å². The summed E-state index contributed by atoms with van der Waals surface area (Å²) in [5.41, 5.74) is 6.46. The Morgan fingerprint density at radius 1 is 1.33 bits per heavy atom. The number of carbonyl (C=O) groups is 1. The van der Waals surface area contributed by atoms with Gasteiger partial charge in [-0.25, -0.2) is 0 Å². The molecule has 18 heavy (non-hydrogen) atoms. The van der Waals surface area contributed by atoms with Gasteiger partial charge in [0.2, 0.25) is 5.91 Å². The smallest absolute Gasteiger partial charge is 0.227 e. The third-order valence-corrected chi connectivity index (χ3v) is 3.73. The van der Waals surface area contributed by atoms with Gasteiger partial charge in [0.15, 0.2) is 0 Å². The lowest BCUT2D eigenvalue weighted by molar-refractivity contribution is -0.122. The Kier molecular flexibility index (Phi) is 4.70. The maximum atomic E-state index is 12.3. The lowest BCUT2D eigenvalue weighted by atomic mass is 9.77. The van der Waals surface area contributed by atoms with Gasteiger partial charge in [-0.05, 0) is 43.9 Å². The van der Waals surface area contributed by atoms with Crippen molar-refractivity contribution in [2.75, 3.05) is 11.9 Å². The number of rotatable bonds is 4. The van der Waals surface area contributed by atoms with E-state index in [0.717, 1.165) is 31.4 Å². The van der Waals surface area contributed by atoms with Gasteiger partial charge in [-0.15, -0.1) is 0 Å². The van der Waals surface area contributed by atoms with Crippen molar-refractivity contribution in [3.05, 3.63) is 24.5 Å². The second kappa shape index (κ2) is 6.50. The van der Waals surface area contributed by atoms with Gasteiger partial charge in [-0.2, -0.15) is 0 Å². The molecule has 1 amide bonds. The predicted molar refractivity (Wildman–Crippen MR) is 72.0 cm³/mol. The zero-order valence-electron chi connectivity index (χ0n) is 10.6. The summed E-state index contributed by atoms with van der Waals surface area (Å²) in [6, 6.07) is 3.64. The highest BCUT2D eigenvalue weighted by molar-refractivity contribution is 5.92. The maximum absolute atomic E-state index is 12.3. The van der Waals surface area contributed by atoms with Gasteiger partial charge in [0.25, 0.3) is 0 Å². The third kappa shape index (κ3) is 3.29. The molecule has 0 radical (unpaired) electrons. The van der Waals surface area contributed by atoms with Crippen LogP contribution in [0.1, 0.15) is 32.1 Å². The Morgan fingerprint density at radius 3 is 2.78 bits per heavy atom. The van der Waals surface area contributed by atoms with E-state index in [9.17, 15) is 4.79 Å². The fourth-order valence-electron chi connectivity index (χ4n) is 2.78. The van der Waals surface area contributed by atoms with E-state index in [4.69, 9.17) is 5.73 Å². The van der Waals surface area contributed by atoms with Crippen LogP contribution in [-0.4, -0.2) is 17.4 Å². The minimum Gasteiger partial charge on any atom is -0.330 e. The van der Waals surface area contributed by atoms with Crippen LogP contribution in [0.3, 0.4) is 0 Å². The molecule has 2 rings (SSSR count). The number of nitrogens with zero attached hydrogens (tertiary/aromatic N) is 1. The normalized spacial score (nSPS) is 23.6. The Balaban J connectivity index is 1.98. The second-order valence-corrected chi connectivity index (χ2v) is 4.95. The Labute approximate surface area is 108 Å². The van der Waals surface area contributed by atoms with Crippen molar-refractivity contribution in [1.29, 1.82) is 0 Å². The van der Waals surface area contributed by atoms with Crippen molar-refractivity contribution >= 4 is 11.6 Å². The van der Waals surface area contributed by atoms with Crippen molar-refractivity contribution in [3.8, 4) is 0 Å². The van der Waals surface area contributed by atoms with E-state index in [1.165, 1.54) is 6.42 Å². The number of hydrogen-bond acceptors (Lipinski definition) is 3. The van der Waals surface area contributed by atoms with Gasteiger partial charge >= 0.3 is 0 Å². The van der Waals surface area contributed by atoms with Crippen molar-refractivity contribution < 1.29 is 4.79 Å². The Bertz CT molecular complexity index is 378. The monoisotopic (exact) mass is 247 g/mol. The number of carbonyl (C=O) groups excluding carboxylic acids is 1. The van der Waals surface area contributed by atoms with E-state index >= 15 is 0 Å². The first kappa shape index (κ1) is 13.0. The molecule has 1 aromatic rings. The molecule has 1 aromatic heterocycles. The van der Waals surface area contributed by atoms with Crippen LogP contribution in [0.2, 0.25) is 0 Å². The fraction of sp³-hybridized carbons (Fsp3) is 0.571. The number of nitrogens with one attached hydrogen (secondary N) is 1. The molecule has 1 aliphatic rings. The van der Waals surface area contributed by atoms with E-state index in [-0.39, 0.29) is 11.8 Å². The Hall–Kier alpha value is -1.42. The topological polar surface area (TPSA) is 68.0 Å². The van der Waals surface area contributed by atoms with Gasteiger partial charge in [0.1, 0.15) is 0 Å². The summed E-state index contributed by atoms with van der Waals surface area (Å²) in [6.07, 6.45) is 8.82. The molecule has 0 aliphatic heterocycles. The average Bonchev–Trinajstić information content (AvgIpc) is 2.41. The van der Waals surface area contributed by atoms with Crippen LogP contribution < -0.4 is 11.1 Å². The van der Waals surface area contributed by atoms with E-state index in [1.54, 1.807) is 12.4 Å². The zero-order valence-corrected chi connectivity index (χ0v) is 10.6. The third-order valence-electron chi connectivity index (χ3n) is 3.73. The lowest BCUT2D eigenvalue weighted by Crippen LogP contribution is -2.33. The van der Waals surface area contributed by atoms with Crippen LogP contribution in [-0.2, 0) is 4.79 Å². The van der Waals surface area contributed by atoms with Crippen LogP contribution in [0.5, 0.6) is 0 Å². The van der Waals surface area contributed by atoms with Crippen LogP contribution in [0.25, 0.3) is 0 Å². The van der Waals surface area contributed by atoms with Gasteiger partial charge in [0.05, 0.1) is 0 Å². The van der Waals surface area contributed by atoms with Crippen LogP contribution >= 0.6 is 0 Å². The number of amides is 1. The molecule has 0 bridgehead atoms. The number of nitrogens with two attached hydrogens (primary N) is 1. The fourth-order valence-corrected chi connectivity index (χ4v) is 2.78. The quantitative estimate of drug-likeness (QED) is 0.856. The SMILES string of the molecule is NCCC1CCCCC1C(=O)Nc1ccncc1. The van der Waals surface area contributed by atoms with Crippen LogP contribution in [0.4, 0.5) is 5.69 Å².